The van der Waals surface area contributed by atoms with Crippen molar-refractivity contribution in [3.05, 3.63) is 29.3 Å². The first-order chi connectivity index (χ1) is 9.63. The predicted octanol–water partition coefficient (Wildman–Crippen LogP) is 2.62. The van der Waals surface area contributed by atoms with E-state index in [1.54, 1.807) is 0 Å². The Bertz CT molecular complexity index is 514. The van der Waals surface area contributed by atoms with E-state index in [2.05, 4.69) is 23.2 Å². The number of hydrogen-bond donors (Lipinski definition) is 1. The zero-order valence-electron chi connectivity index (χ0n) is 12.4. The van der Waals surface area contributed by atoms with Crippen LogP contribution in [0.5, 0.6) is 0 Å². The molecule has 0 aromatic heterocycles. The van der Waals surface area contributed by atoms with Gasteiger partial charge in [-0.3, -0.25) is 4.90 Å². The molecule has 1 atom stereocenters. The number of aryl methyl sites for hydroxylation is 2. The second-order valence-electron chi connectivity index (χ2n) is 6.03. The molecule has 108 valence electrons. The standard InChI is InChI=1S/C16H23N3O/c1-12-5-6-15(13(2)10-12)17-16(20)19-9-8-18-7-3-4-14(18)11-19/h5-6,10,14H,3-4,7-9,11H2,1-2H3,(H,17,20)/t14-/m1/s1. The third-order valence-electron chi connectivity index (χ3n) is 4.50. The molecule has 20 heavy (non-hydrogen) atoms. The zero-order valence-corrected chi connectivity index (χ0v) is 12.4. The summed E-state index contributed by atoms with van der Waals surface area (Å²) in [6.07, 6.45) is 2.50. The van der Waals surface area contributed by atoms with Gasteiger partial charge in [-0.05, 0) is 44.9 Å². The van der Waals surface area contributed by atoms with Crippen LogP contribution in [-0.2, 0) is 0 Å². The Morgan fingerprint density at radius 1 is 1.25 bits per heavy atom. The van der Waals surface area contributed by atoms with Crippen LogP contribution in [0.4, 0.5) is 10.5 Å². The molecular formula is C16H23N3O. The van der Waals surface area contributed by atoms with Crippen molar-refractivity contribution in [2.45, 2.75) is 32.7 Å². The predicted molar refractivity (Wildman–Crippen MR) is 81.1 cm³/mol. The van der Waals surface area contributed by atoms with Crippen LogP contribution in [0.3, 0.4) is 0 Å². The average Bonchev–Trinajstić information content (AvgIpc) is 2.89. The summed E-state index contributed by atoms with van der Waals surface area (Å²) in [6.45, 7) is 8.04. The van der Waals surface area contributed by atoms with Gasteiger partial charge in [-0.2, -0.15) is 0 Å². The molecule has 2 aliphatic rings. The van der Waals surface area contributed by atoms with Gasteiger partial charge in [-0.15, -0.1) is 0 Å². The second kappa shape index (κ2) is 5.44. The molecule has 4 nitrogen and oxygen atoms in total. The lowest BCUT2D eigenvalue weighted by molar-refractivity contribution is 0.124. The molecule has 2 fully saturated rings. The molecule has 0 bridgehead atoms. The van der Waals surface area contributed by atoms with Gasteiger partial charge in [0.05, 0.1) is 0 Å². The third-order valence-corrected chi connectivity index (χ3v) is 4.50. The number of urea groups is 1. The summed E-state index contributed by atoms with van der Waals surface area (Å²) in [5.74, 6) is 0. The Morgan fingerprint density at radius 2 is 2.10 bits per heavy atom. The van der Waals surface area contributed by atoms with Gasteiger partial charge < -0.3 is 10.2 Å². The summed E-state index contributed by atoms with van der Waals surface area (Å²) in [7, 11) is 0. The SMILES string of the molecule is Cc1ccc(NC(=O)N2CCN3CCC[C@@H]3C2)c(C)c1. The first-order valence-corrected chi connectivity index (χ1v) is 7.51. The van der Waals surface area contributed by atoms with Crippen molar-refractivity contribution in [1.82, 2.24) is 9.80 Å². The summed E-state index contributed by atoms with van der Waals surface area (Å²) >= 11 is 0. The van der Waals surface area contributed by atoms with Crippen molar-refractivity contribution in [3.8, 4) is 0 Å². The highest BCUT2D eigenvalue weighted by Crippen LogP contribution is 2.22. The first kappa shape index (κ1) is 13.4. The van der Waals surface area contributed by atoms with E-state index < -0.39 is 0 Å². The molecule has 2 aliphatic heterocycles. The first-order valence-electron chi connectivity index (χ1n) is 7.51. The molecule has 2 heterocycles. The Hall–Kier alpha value is -1.55. The lowest BCUT2D eigenvalue weighted by Gasteiger charge is -2.37. The average molecular weight is 273 g/mol. The molecule has 3 rings (SSSR count). The highest BCUT2D eigenvalue weighted by atomic mass is 16.2. The van der Waals surface area contributed by atoms with E-state index >= 15 is 0 Å². The van der Waals surface area contributed by atoms with Gasteiger partial charge in [0.2, 0.25) is 0 Å². The smallest absolute Gasteiger partial charge is 0.321 e. The van der Waals surface area contributed by atoms with E-state index in [1.165, 1.54) is 24.9 Å². The number of nitrogens with one attached hydrogen (secondary N) is 1. The number of piperazine rings is 1. The number of carbonyl (C=O) groups excluding carboxylic acids is 1. The fraction of sp³-hybridized carbons (Fsp3) is 0.562. The van der Waals surface area contributed by atoms with E-state index in [1.807, 2.05) is 24.0 Å². The largest absolute Gasteiger partial charge is 0.322 e. The van der Waals surface area contributed by atoms with Gasteiger partial charge in [0, 0.05) is 31.4 Å². The number of nitrogens with zero attached hydrogens (tertiary/aromatic N) is 2. The quantitative estimate of drug-likeness (QED) is 0.853. The minimum atomic E-state index is 0.0449. The molecule has 0 aliphatic carbocycles. The van der Waals surface area contributed by atoms with E-state index in [4.69, 9.17) is 0 Å². The molecule has 2 amide bonds. The topological polar surface area (TPSA) is 35.6 Å². The molecule has 0 radical (unpaired) electrons. The van der Waals surface area contributed by atoms with Crippen molar-refractivity contribution < 1.29 is 4.79 Å². The van der Waals surface area contributed by atoms with E-state index in [9.17, 15) is 4.79 Å². The van der Waals surface area contributed by atoms with Crippen LogP contribution in [0.2, 0.25) is 0 Å². The fourth-order valence-corrected chi connectivity index (χ4v) is 3.32. The van der Waals surface area contributed by atoms with Gasteiger partial charge in [0.1, 0.15) is 0 Å². The minimum Gasteiger partial charge on any atom is -0.322 e. The van der Waals surface area contributed by atoms with Crippen LogP contribution in [0.25, 0.3) is 0 Å². The van der Waals surface area contributed by atoms with E-state index in [0.29, 0.717) is 6.04 Å². The van der Waals surface area contributed by atoms with Crippen LogP contribution in [-0.4, -0.2) is 48.1 Å². The van der Waals surface area contributed by atoms with Crippen molar-refractivity contribution in [2.24, 2.45) is 0 Å². The molecule has 1 aromatic carbocycles. The maximum atomic E-state index is 12.4. The summed E-state index contributed by atoms with van der Waals surface area (Å²) < 4.78 is 0. The molecule has 1 aromatic rings. The molecule has 2 saturated heterocycles. The number of hydrogen-bond acceptors (Lipinski definition) is 2. The monoisotopic (exact) mass is 273 g/mol. The van der Waals surface area contributed by atoms with Gasteiger partial charge in [0.25, 0.3) is 0 Å². The molecule has 0 spiro atoms. The van der Waals surface area contributed by atoms with Crippen LogP contribution >= 0.6 is 0 Å². The Morgan fingerprint density at radius 3 is 2.90 bits per heavy atom. The summed E-state index contributed by atoms with van der Waals surface area (Å²) in [5.41, 5.74) is 3.27. The maximum Gasteiger partial charge on any atom is 0.321 e. The molecule has 1 N–H and O–H groups in total. The Balaban J connectivity index is 1.64. The van der Waals surface area contributed by atoms with Gasteiger partial charge in [-0.25, -0.2) is 4.79 Å². The molecule has 4 heteroatoms. The van der Waals surface area contributed by atoms with Gasteiger partial charge in [0.15, 0.2) is 0 Å². The number of benzene rings is 1. The van der Waals surface area contributed by atoms with Crippen LogP contribution < -0.4 is 5.32 Å². The normalized spacial score (nSPS) is 22.7. The van der Waals surface area contributed by atoms with Crippen molar-refractivity contribution in [3.63, 3.8) is 0 Å². The Kier molecular flexibility index (Phi) is 3.66. The summed E-state index contributed by atoms with van der Waals surface area (Å²) in [5, 5.41) is 3.06. The second-order valence-corrected chi connectivity index (χ2v) is 6.03. The fourth-order valence-electron chi connectivity index (χ4n) is 3.32. The van der Waals surface area contributed by atoms with Gasteiger partial charge >= 0.3 is 6.03 Å². The number of anilines is 1. The molecule has 0 unspecified atom stereocenters. The van der Waals surface area contributed by atoms with E-state index in [-0.39, 0.29) is 6.03 Å². The Labute approximate surface area is 120 Å². The highest BCUT2D eigenvalue weighted by molar-refractivity contribution is 5.90. The van der Waals surface area contributed by atoms with Crippen LogP contribution in [0.1, 0.15) is 24.0 Å². The molecule has 0 saturated carbocycles. The number of carbonyl (C=O) groups is 1. The van der Waals surface area contributed by atoms with Crippen molar-refractivity contribution in [2.75, 3.05) is 31.5 Å². The number of rotatable bonds is 1. The van der Waals surface area contributed by atoms with E-state index in [0.717, 1.165) is 30.9 Å². The minimum absolute atomic E-state index is 0.0449. The lowest BCUT2D eigenvalue weighted by Crippen LogP contribution is -2.53. The lowest BCUT2D eigenvalue weighted by atomic mass is 10.1. The van der Waals surface area contributed by atoms with Crippen molar-refractivity contribution >= 4 is 11.7 Å². The van der Waals surface area contributed by atoms with Gasteiger partial charge in [-0.1, -0.05) is 17.7 Å². The van der Waals surface area contributed by atoms with Crippen molar-refractivity contribution in [1.29, 1.82) is 0 Å². The maximum absolute atomic E-state index is 12.4. The number of fused-ring (bicyclic) bond motifs is 1. The summed E-state index contributed by atoms with van der Waals surface area (Å²) in [4.78, 5) is 16.9. The molecular weight excluding hydrogens is 250 g/mol. The van der Waals surface area contributed by atoms with Crippen LogP contribution in [0.15, 0.2) is 18.2 Å². The number of amides is 2. The summed E-state index contributed by atoms with van der Waals surface area (Å²) in [6, 6.07) is 6.76. The third kappa shape index (κ3) is 2.66. The highest BCUT2D eigenvalue weighted by Gasteiger charge is 2.32. The van der Waals surface area contributed by atoms with Crippen LogP contribution in [0, 0.1) is 13.8 Å². The zero-order chi connectivity index (χ0) is 14.1.